The molecular formula is C14H15BrN2OS. The van der Waals surface area contributed by atoms with Gasteiger partial charge in [-0.15, -0.1) is 0 Å². The number of hydrogen-bond donors (Lipinski definition) is 1. The van der Waals surface area contributed by atoms with Gasteiger partial charge in [0.25, 0.3) is 0 Å². The van der Waals surface area contributed by atoms with Crippen molar-refractivity contribution in [3.63, 3.8) is 0 Å². The predicted octanol–water partition coefficient (Wildman–Crippen LogP) is 4.37. The molecule has 100 valence electrons. The molecule has 0 spiro atoms. The van der Waals surface area contributed by atoms with Crippen molar-refractivity contribution >= 4 is 33.4 Å². The van der Waals surface area contributed by atoms with E-state index in [4.69, 9.17) is 10.5 Å². The van der Waals surface area contributed by atoms with Crippen LogP contribution in [-0.4, -0.2) is 11.6 Å². The summed E-state index contributed by atoms with van der Waals surface area (Å²) in [5.74, 6) is 0.735. The summed E-state index contributed by atoms with van der Waals surface area (Å²) >= 11 is 5.01. The highest BCUT2D eigenvalue weighted by atomic mass is 79.9. The van der Waals surface area contributed by atoms with Crippen molar-refractivity contribution in [3.8, 4) is 5.75 Å². The van der Waals surface area contributed by atoms with E-state index in [0.717, 1.165) is 26.6 Å². The number of aromatic nitrogens is 1. The lowest BCUT2D eigenvalue weighted by atomic mass is 10.3. The molecule has 1 aromatic carbocycles. The molecule has 5 heteroatoms. The van der Waals surface area contributed by atoms with E-state index in [9.17, 15) is 0 Å². The zero-order chi connectivity index (χ0) is 13.7. The molecular weight excluding hydrogens is 324 g/mol. The highest BCUT2D eigenvalue weighted by Crippen LogP contribution is 2.38. The minimum atomic E-state index is 0.665. The van der Waals surface area contributed by atoms with Crippen LogP contribution in [0.25, 0.3) is 0 Å². The second kappa shape index (κ2) is 6.82. The SMILES string of the molecule is CCCOc1cccc(Sc2ncccc2Br)c1N. The summed E-state index contributed by atoms with van der Waals surface area (Å²) in [4.78, 5) is 5.28. The topological polar surface area (TPSA) is 48.1 Å². The number of rotatable bonds is 5. The molecule has 0 atom stereocenters. The fourth-order valence-corrected chi connectivity index (χ4v) is 2.84. The third-order valence-corrected chi connectivity index (χ3v) is 4.42. The summed E-state index contributed by atoms with van der Waals surface area (Å²) in [7, 11) is 0. The van der Waals surface area contributed by atoms with Gasteiger partial charge in [0, 0.05) is 11.1 Å². The predicted molar refractivity (Wildman–Crippen MR) is 82.7 cm³/mol. The number of nitrogens with two attached hydrogens (primary N) is 1. The van der Waals surface area contributed by atoms with Gasteiger partial charge in [-0.3, -0.25) is 0 Å². The maximum absolute atomic E-state index is 6.13. The van der Waals surface area contributed by atoms with Crippen molar-refractivity contribution in [1.29, 1.82) is 0 Å². The van der Waals surface area contributed by atoms with Gasteiger partial charge in [0.15, 0.2) is 0 Å². The van der Waals surface area contributed by atoms with Crippen molar-refractivity contribution < 1.29 is 4.74 Å². The van der Waals surface area contributed by atoms with Crippen LogP contribution in [0.4, 0.5) is 5.69 Å². The lowest BCUT2D eigenvalue weighted by Gasteiger charge is -2.11. The van der Waals surface area contributed by atoms with Crippen LogP contribution in [0.5, 0.6) is 5.75 Å². The number of anilines is 1. The van der Waals surface area contributed by atoms with E-state index >= 15 is 0 Å². The van der Waals surface area contributed by atoms with E-state index in [-0.39, 0.29) is 0 Å². The molecule has 0 saturated heterocycles. The molecule has 0 unspecified atom stereocenters. The second-order valence-electron chi connectivity index (χ2n) is 3.91. The van der Waals surface area contributed by atoms with Crippen LogP contribution in [-0.2, 0) is 0 Å². The smallest absolute Gasteiger partial charge is 0.143 e. The third-order valence-electron chi connectivity index (χ3n) is 2.42. The largest absolute Gasteiger partial charge is 0.491 e. The standard InChI is InChI=1S/C14H15BrN2OS/c1-2-9-18-11-6-3-7-12(13(11)16)19-14-10(15)5-4-8-17-14/h3-8H,2,9,16H2,1H3. The molecule has 2 N–H and O–H groups in total. The first-order valence-corrected chi connectivity index (χ1v) is 7.63. The quantitative estimate of drug-likeness (QED) is 0.822. The van der Waals surface area contributed by atoms with Crippen LogP contribution in [0, 0.1) is 0 Å². The van der Waals surface area contributed by atoms with E-state index in [1.807, 2.05) is 30.3 Å². The van der Waals surface area contributed by atoms with Crippen LogP contribution in [0.1, 0.15) is 13.3 Å². The van der Waals surface area contributed by atoms with Crippen LogP contribution in [0.2, 0.25) is 0 Å². The number of nitrogen functional groups attached to an aromatic ring is 1. The summed E-state index contributed by atoms with van der Waals surface area (Å²) in [6.45, 7) is 2.74. The monoisotopic (exact) mass is 338 g/mol. The Balaban J connectivity index is 2.23. The number of pyridine rings is 1. The Hall–Kier alpha value is -1.20. The molecule has 1 aromatic heterocycles. The van der Waals surface area contributed by atoms with Gasteiger partial charge in [-0.25, -0.2) is 4.98 Å². The Kier molecular flexibility index (Phi) is 5.10. The second-order valence-corrected chi connectivity index (χ2v) is 5.79. The molecule has 0 aliphatic heterocycles. The fourth-order valence-electron chi connectivity index (χ4n) is 1.50. The first-order chi connectivity index (χ1) is 9.22. The first-order valence-electron chi connectivity index (χ1n) is 6.02. The van der Waals surface area contributed by atoms with Crippen molar-refractivity contribution in [3.05, 3.63) is 41.0 Å². The van der Waals surface area contributed by atoms with Gasteiger partial charge in [0.1, 0.15) is 10.8 Å². The number of benzene rings is 1. The van der Waals surface area contributed by atoms with Crippen molar-refractivity contribution in [2.75, 3.05) is 12.3 Å². The van der Waals surface area contributed by atoms with E-state index in [1.54, 1.807) is 6.20 Å². The molecule has 19 heavy (non-hydrogen) atoms. The molecule has 1 heterocycles. The maximum atomic E-state index is 6.13. The first kappa shape index (κ1) is 14.2. The average molecular weight is 339 g/mol. The maximum Gasteiger partial charge on any atom is 0.143 e. The molecule has 0 aliphatic rings. The third kappa shape index (κ3) is 3.64. The van der Waals surface area contributed by atoms with Gasteiger partial charge in [-0.1, -0.05) is 24.8 Å². The zero-order valence-electron chi connectivity index (χ0n) is 10.6. The molecule has 2 aromatic rings. The highest BCUT2D eigenvalue weighted by molar-refractivity contribution is 9.10. The summed E-state index contributed by atoms with van der Waals surface area (Å²) in [6, 6.07) is 9.66. The molecule has 0 aliphatic carbocycles. The van der Waals surface area contributed by atoms with E-state index < -0.39 is 0 Å². The normalized spacial score (nSPS) is 10.4. The van der Waals surface area contributed by atoms with E-state index in [0.29, 0.717) is 12.3 Å². The minimum Gasteiger partial charge on any atom is -0.491 e. The highest BCUT2D eigenvalue weighted by Gasteiger charge is 2.10. The van der Waals surface area contributed by atoms with E-state index in [1.165, 1.54) is 11.8 Å². The number of halogens is 1. The molecule has 0 bridgehead atoms. The average Bonchev–Trinajstić information content (AvgIpc) is 2.42. The lowest BCUT2D eigenvalue weighted by molar-refractivity contribution is 0.318. The molecule has 3 nitrogen and oxygen atoms in total. The Morgan fingerprint density at radius 3 is 2.89 bits per heavy atom. The van der Waals surface area contributed by atoms with Crippen molar-refractivity contribution in [1.82, 2.24) is 4.98 Å². The summed E-state index contributed by atoms with van der Waals surface area (Å²) < 4.78 is 6.58. The molecule has 0 saturated carbocycles. The summed E-state index contributed by atoms with van der Waals surface area (Å²) in [6.07, 6.45) is 2.73. The van der Waals surface area contributed by atoms with Gasteiger partial charge in [-0.05, 0) is 46.6 Å². The Labute approximate surface area is 125 Å². The van der Waals surface area contributed by atoms with Crippen molar-refractivity contribution in [2.24, 2.45) is 0 Å². The fraction of sp³-hybridized carbons (Fsp3) is 0.214. The molecule has 0 fully saturated rings. The van der Waals surface area contributed by atoms with Gasteiger partial charge < -0.3 is 10.5 Å². The Morgan fingerprint density at radius 1 is 1.32 bits per heavy atom. The number of nitrogens with zero attached hydrogens (tertiary/aromatic N) is 1. The molecule has 0 radical (unpaired) electrons. The van der Waals surface area contributed by atoms with Crippen LogP contribution < -0.4 is 10.5 Å². The summed E-state index contributed by atoms with van der Waals surface area (Å²) in [5.41, 5.74) is 6.80. The van der Waals surface area contributed by atoms with Crippen LogP contribution >= 0.6 is 27.7 Å². The minimum absolute atomic E-state index is 0.665. The lowest BCUT2D eigenvalue weighted by Crippen LogP contribution is -2.00. The van der Waals surface area contributed by atoms with Crippen molar-refractivity contribution in [2.45, 2.75) is 23.3 Å². The zero-order valence-corrected chi connectivity index (χ0v) is 13.0. The summed E-state index contributed by atoms with van der Waals surface area (Å²) in [5, 5.41) is 0.891. The number of hydrogen-bond acceptors (Lipinski definition) is 4. The van der Waals surface area contributed by atoms with Gasteiger partial charge in [0.2, 0.25) is 0 Å². The Morgan fingerprint density at radius 2 is 2.16 bits per heavy atom. The van der Waals surface area contributed by atoms with Gasteiger partial charge in [0.05, 0.1) is 16.8 Å². The Bertz CT molecular complexity index is 563. The number of ether oxygens (including phenoxy) is 1. The van der Waals surface area contributed by atoms with Gasteiger partial charge >= 0.3 is 0 Å². The number of para-hydroxylation sites is 1. The molecule has 2 rings (SSSR count). The van der Waals surface area contributed by atoms with E-state index in [2.05, 4.69) is 27.8 Å². The molecule has 0 amide bonds. The van der Waals surface area contributed by atoms with Gasteiger partial charge in [-0.2, -0.15) is 0 Å². The van der Waals surface area contributed by atoms with Crippen LogP contribution in [0.3, 0.4) is 0 Å². The van der Waals surface area contributed by atoms with Crippen LogP contribution in [0.15, 0.2) is 50.9 Å².